The Morgan fingerprint density at radius 2 is 2.35 bits per heavy atom. The number of ketones is 1. The van der Waals surface area contributed by atoms with Crippen LogP contribution in [0.2, 0.25) is 0 Å². The molecule has 0 radical (unpaired) electrons. The monoisotopic (exact) mass is 229 g/mol. The number of aromatic nitrogens is 2. The number of carbonyl (C=O) groups is 1. The highest BCUT2D eigenvalue weighted by molar-refractivity contribution is 6.02. The molecular weight excluding hydrogens is 214 g/mol. The number of benzene rings is 1. The summed E-state index contributed by atoms with van der Waals surface area (Å²) in [5.41, 5.74) is 8.34. The first-order chi connectivity index (χ1) is 8.16. The molecule has 1 aliphatic heterocycles. The Morgan fingerprint density at radius 3 is 3.12 bits per heavy atom. The smallest absolute Gasteiger partial charge is 0.179 e. The average molecular weight is 229 g/mol. The minimum absolute atomic E-state index is 0.0135. The molecule has 1 aromatic carbocycles. The molecule has 2 N–H and O–H groups in total. The van der Waals surface area contributed by atoms with E-state index in [1.807, 2.05) is 18.2 Å². The molecule has 4 heteroatoms. The van der Waals surface area contributed by atoms with Crippen molar-refractivity contribution in [2.24, 2.45) is 5.73 Å². The van der Waals surface area contributed by atoms with Crippen LogP contribution in [0.25, 0.3) is 11.0 Å². The number of hydrogen-bond acceptors (Lipinski definition) is 3. The Balaban J connectivity index is 2.15. The highest BCUT2D eigenvalue weighted by Gasteiger charge is 2.18. The zero-order valence-electron chi connectivity index (χ0n) is 9.81. The molecule has 3 rings (SSSR count). The maximum absolute atomic E-state index is 11.9. The summed E-state index contributed by atoms with van der Waals surface area (Å²) in [7, 11) is 0. The average Bonchev–Trinajstić information content (AvgIpc) is 2.87. The van der Waals surface area contributed by atoms with E-state index in [-0.39, 0.29) is 5.78 Å². The van der Waals surface area contributed by atoms with Gasteiger partial charge in [-0.1, -0.05) is 0 Å². The number of carbonyl (C=O) groups excluding carboxylic acids is 1. The van der Waals surface area contributed by atoms with E-state index in [1.54, 1.807) is 6.92 Å². The Hall–Kier alpha value is -1.68. The topological polar surface area (TPSA) is 60.9 Å². The van der Waals surface area contributed by atoms with E-state index in [9.17, 15) is 4.79 Å². The Morgan fingerprint density at radius 1 is 1.53 bits per heavy atom. The molecule has 1 unspecified atom stereocenters. The molecule has 88 valence electrons. The highest BCUT2D eigenvalue weighted by atomic mass is 16.1. The molecule has 17 heavy (non-hydrogen) atoms. The van der Waals surface area contributed by atoms with Crippen molar-refractivity contribution in [1.82, 2.24) is 9.55 Å². The van der Waals surface area contributed by atoms with Crippen LogP contribution in [0, 0.1) is 0 Å². The van der Waals surface area contributed by atoms with Crippen LogP contribution in [-0.2, 0) is 13.0 Å². The number of nitrogens with two attached hydrogens (primary N) is 1. The van der Waals surface area contributed by atoms with Gasteiger partial charge >= 0.3 is 0 Å². The van der Waals surface area contributed by atoms with Gasteiger partial charge in [-0.05, 0) is 31.5 Å². The second-order valence-electron chi connectivity index (χ2n) is 4.64. The molecule has 0 spiro atoms. The molecule has 0 saturated carbocycles. The van der Waals surface area contributed by atoms with Gasteiger partial charge in [-0.25, -0.2) is 4.98 Å². The lowest BCUT2D eigenvalue weighted by Crippen LogP contribution is -2.26. The number of fused-ring (bicyclic) bond motifs is 3. The second-order valence-corrected chi connectivity index (χ2v) is 4.64. The number of aryl methyl sites for hydroxylation is 2. The molecule has 1 atom stereocenters. The van der Waals surface area contributed by atoms with Crippen molar-refractivity contribution in [1.29, 1.82) is 0 Å². The normalized spacial score (nSPS) is 16.1. The van der Waals surface area contributed by atoms with E-state index < -0.39 is 6.04 Å². The maximum Gasteiger partial charge on any atom is 0.179 e. The van der Waals surface area contributed by atoms with Gasteiger partial charge in [0.15, 0.2) is 5.78 Å². The van der Waals surface area contributed by atoms with Crippen LogP contribution in [0.1, 0.15) is 29.5 Å². The third-order valence-corrected chi connectivity index (χ3v) is 3.31. The fourth-order valence-electron chi connectivity index (χ4n) is 2.42. The zero-order chi connectivity index (χ0) is 12.0. The molecule has 2 heterocycles. The molecule has 0 fully saturated rings. The molecule has 1 aromatic heterocycles. The summed E-state index contributed by atoms with van der Waals surface area (Å²) in [5.74, 6) is 1.12. The quantitative estimate of drug-likeness (QED) is 0.794. The van der Waals surface area contributed by atoms with Crippen LogP contribution in [0.15, 0.2) is 18.2 Å². The van der Waals surface area contributed by atoms with Crippen LogP contribution in [0.4, 0.5) is 0 Å². The SMILES string of the molecule is CC(N)C(=O)c1ccc2nc3n(c2c1)CCC3. The summed E-state index contributed by atoms with van der Waals surface area (Å²) in [6, 6.07) is 5.20. The fourth-order valence-corrected chi connectivity index (χ4v) is 2.42. The molecular formula is C13H15N3O. The van der Waals surface area contributed by atoms with E-state index in [1.165, 1.54) is 0 Å². The lowest BCUT2D eigenvalue weighted by Gasteiger charge is -2.05. The van der Waals surface area contributed by atoms with E-state index in [4.69, 9.17) is 5.73 Å². The van der Waals surface area contributed by atoms with Crippen molar-refractivity contribution in [3.63, 3.8) is 0 Å². The predicted octanol–water partition coefficient (Wildman–Crippen LogP) is 1.51. The largest absolute Gasteiger partial charge is 0.328 e. The van der Waals surface area contributed by atoms with Gasteiger partial charge in [0.2, 0.25) is 0 Å². The van der Waals surface area contributed by atoms with Crippen LogP contribution < -0.4 is 5.73 Å². The number of rotatable bonds is 2. The second kappa shape index (κ2) is 3.67. The zero-order valence-corrected chi connectivity index (χ0v) is 9.81. The van der Waals surface area contributed by atoms with Crippen molar-refractivity contribution in [3.05, 3.63) is 29.6 Å². The van der Waals surface area contributed by atoms with E-state index >= 15 is 0 Å². The molecule has 4 nitrogen and oxygen atoms in total. The van der Waals surface area contributed by atoms with Crippen molar-refractivity contribution in [2.75, 3.05) is 0 Å². The third kappa shape index (κ3) is 1.56. The Labute approximate surface area is 99.4 Å². The summed E-state index contributed by atoms with van der Waals surface area (Å²) < 4.78 is 2.20. The van der Waals surface area contributed by atoms with Crippen molar-refractivity contribution >= 4 is 16.8 Å². The van der Waals surface area contributed by atoms with E-state index in [2.05, 4.69) is 9.55 Å². The summed E-state index contributed by atoms with van der Waals surface area (Å²) in [4.78, 5) is 16.4. The third-order valence-electron chi connectivity index (χ3n) is 3.31. The Kier molecular flexibility index (Phi) is 2.26. The molecule has 0 bridgehead atoms. The first kappa shape index (κ1) is 10.5. The lowest BCUT2D eigenvalue weighted by molar-refractivity contribution is 0.0968. The molecule has 0 saturated heterocycles. The molecule has 0 aliphatic carbocycles. The van der Waals surface area contributed by atoms with E-state index in [0.717, 1.165) is 36.2 Å². The van der Waals surface area contributed by atoms with Crippen LogP contribution in [0.5, 0.6) is 0 Å². The van der Waals surface area contributed by atoms with Crippen molar-refractivity contribution in [3.8, 4) is 0 Å². The van der Waals surface area contributed by atoms with E-state index in [0.29, 0.717) is 5.56 Å². The fraction of sp³-hybridized carbons (Fsp3) is 0.385. The minimum Gasteiger partial charge on any atom is -0.328 e. The highest BCUT2D eigenvalue weighted by Crippen LogP contribution is 2.23. The first-order valence-corrected chi connectivity index (χ1v) is 5.96. The van der Waals surface area contributed by atoms with Gasteiger partial charge in [0.05, 0.1) is 17.1 Å². The predicted molar refractivity (Wildman–Crippen MR) is 66.0 cm³/mol. The number of nitrogens with zero attached hydrogens (tertiary/aromatic N) is 2. The first-order valence-electron chi connectivity index (χ1n) is 5.96. The number of hydrogen-bond donors (Lipinski definition) is 1. The lowest BCUT2D eigenvalue weighted by atomic mass is 10.1. The van der Waals surface area contributed by atoms with Crippen molar-refractivity contribution in [2.45, 2.75) is 32.4 Å². The maximum atomic E-state index is 11.9. The molecule has 0 amide bonds. The van der Waals surface area contributed by atoms with Gasteiger partial charge in [0, 0.05) is 18.5 Å². The van der Waals surface area contributed by atoms with Crippen LogP contribution in [-0.4, -0.2) is 21.4 Å². The Bertz CT molecular complexity index is 598. The van der Waals surface area contributed by atoms with Gasteiger partial charge in [0.1, 0.15) is 5.82 Å². The summed E-state index contributed by atoms with van der Waals surface area (Å²) in [5, 5.41) is 0. The van der Waals surface area contributed by atoms with Crippen LogP contribution >= 0.6 is 0 Å². The standard InChI is InChI=1S/C13H15N3O/c1-8(14)13(17)9-4-5-10-11(7-9)16-6-2-3-12(16)15-10/h4-5,7-8H,2-3,6,14H2,1H3. The summed E-state index contributed by atoms with van der Waals surface area (Å²) >= 11 is 0. The van der Waals surface area contributed by atoms with Gasteiger partial charge < -0.3 is 10.3 Å². The molecule has 2 aromatic rings. The van der Waals surface area contributed by atoms with Crippen molar-refractivity contribution < 1.29 is 4.79 Å². The van der Waals surface area contributed by atoms with Gasteiger partial charge in [-0.2, -0.15) is 0 Å². The number of imidazole rings is 1. The van der Waals surface area contributed by atoms with Gasteiger partial charge in [0.25, 0.3) is 0 Å². The summed E-state index contributed by atoms with van der Waals surface area (Å²) in [6.45, 7) is 2.72. The van der Waals surface area contributed by atoms with Gasteiger partial charge in [-0.15, -0.1) is 0 Å². The molecule has 1 aliphatic rings. The van der Waals surface area contributed by atoms with Crippen LogP contribution in [0.3, 0.4) is 0 Å². The summed E-state index contributed by atoms with van der Waals surface area (Å²) in [6.07, 6.45) is 2.18. The number of Topliss-reactive ketones (excluding diaryl/α,β-unsaturated/α-hetero) is 1. The van der Waals surface area contributed by atoms with Gasteiger partial charge in [-0.3, -0.25) is 4.79 Å². The minimum atomic E-state index is -0.451.